The molecule has 0 radical (unpaired) electrons. The summed E-state index contributed by atoms with van der Waals surface area (Å²) in [6, 6.07) is 17.0. The van der Waals surface area contributed by atoms with Crippen LogP contribution in [-0.4, -0.2) is 26.2 Å². The zero-order valence-corrected chi connectivity index (χ0v) is 16.9. The summed E-state index contributed by atoms with van der Waals surface area (Å²) in [5.41, 5.74) is 0.602. The van der Waals surface area contributed by atoms with E-state index in [1.165, 1.54) is 0 Å². The number of carbonyl (C=O) groups is 1. The normalized spacial score (nSPS) is 11.7. The van der Waals surface area contributed by atoms with Crippen molar-refractivity contribution in [3.8, 4) is 17.2 Å². The molecule has 0 aliphatic carbocycles. The van der Waals surface area contributed by atoms with Crippen LogP contribution in [0.15, 0.2) is 59.1 Å². The van der Waals surface area contributed by atoms with Gasteiger partial charge < -0.3 is 19.5 Å². The Bertz CT molecular complexity index is 974. The number of benzene rings is 3. The number of fused-ring (bicyclic) bond motifs is 1. The SMILES string of the molecule is COc1ccc(NC(=O)C(C)Oc2ccc3ccccc3c2Br)cc1OC. The van der Waals surface area contributed by atoms with Crippen molar-refractivity contribution in [2.24, 2.45) is 0 Å². The Hall–Kier alpha value is -2.73. The Labute approximate surface area is 166 Å². The average molecular weight is 430 g/mol. The minimum Gasteiger partial charge on any atom is -0.493 e. The zero-order valence-electron chi connectivity index (χ0n) is 15.3. The maximum atomic E-state index is 12.5. The third-order valence-corrected chi connectivity index (χ3v) is 4.97. The first-order valence-corrected chi connectivity index (χ1v) is 9.19. The zero-order chi connectivity index (χ0) is 19.4. The molecular formula is C21H20BrNO4. The van der Waals surface area contributed by atoms with Crippen LogP contribution in [0.1, 0.15) is 6.92 Å². The van der Waals surface area contributed by atoms with Crippen LogP contribution in [0.5, 0.6) is 17.2 Å². The molecule has 3 aromatic rings. The molecule has 0 aromatic heterocycles. The molecule has 1 unspecified atom stereocenters. The summed E-state index contributed by atoms with van der Waals surface area (Å²) in [6.07, 6.45) is -0.685. The fraction of sp³-hybridized carbons (Fsp3) is 0.190. The van der Waals surface area contributed by atoms with Gasteiger partial charge in [0, 0.05) is 11.8 Å². The van der Waals surface area contributed by atoms with E-state index in [0.717, 1.165) is 15.2 Å². The molecule has 27 heavy (non-hydrogen) atoms. The molecule has 0 fully saturated rings. The summed E-state index contributed by atoms with van der Waals surface area (Å²) in [6.45, 7) is 1.71. The topological polar surface area (TPSA) is 56.8 Å². The van der Waals surface area contributed by atoms with Crippen LogP contribution in [0.3, 0.4) is 0 Å². The van der Waals surface area contributed by atoms with E-state index in [9.17, 15) is 4.79 Å². The van der Waals surface area contributed by atoms with Crippen molar-refractivity contribution in [1.82, 2.24) is 0 Å². The van der Waals surface area contributed by atoms with Crippen LogP contribution < -0.4 is 19.5 Å². The lowest BCUT2D eigenvalue weighted by atomic mass is 10.1. The highest BCUT2D eigenvalue weighted by molar-refractivity contribution is 9.10. The fourth-order valence-corrected chi connectivity index (χ4v) is 3.29. The predicted octanol–water partition coefficient (Wildman–Crippen LogP) is 5.03. The number of halogens is 1. The van der Waals surface area contributed by atoms with Gasteiger partial charge in [-0.05, 0) is 51.8 Å². The molecule has 0 aliphatic rings. The van der Waals surface area contributed by atoms with Crippen LogP contribution in [0.4, 0.5) is 5.69 Å². The van der Waals surface area contributed by atoms with Gasteiger partial charge in [0.2, 0.25) is 0 Å². The monoisotopic (exact) mass is 429 g/mol. The number of rotatable bonds is 6. The molecule has 1 atom stereocenters. The van der Waals surface area contributed by atoms with Gasteiger partial charge in [0.25, 0.3) is 5.91 Å². The molecule has 0 saturated carbocycles. The standard InChI is InChI=1S/C21H20BrNO4/c1-13(21(24)23-15-9-11-17(25-2)19(12-15)26-3)27-18-10-8-14-6-4-5-7-16(14)20(18)22/h4-13H,1-3H3,(H,23,24). The average Bonchev–Trinajstić information content (AvgIpc) is 2.70. The quantitative estimate of drug-likeness (QED) is 0.597. The van der Waals surface area contributed by atoms with Crippen molar-refractivity contribution in [2.45, 2.75) is 13.0 Å². The Balaban J connectivity index is 1.74. The third kappa shape index (κ3) is 4.17. The van der Waals surface area contributed by atoms with E-state index in [2.05, 4.69) is 21.2 Å². The Morgan fingerprint density at radius 2 is 1.67 bits per heavy atom. The highest BCUT2D eigenvalue weighted by Gasteiger charge is 2.18. The number of methoxy groups -OCH3 is 2. The van der Waals surface area contributed by atoms with Crippen LogP contribution in [0.25, 0.3) is 10.8 Å². The van der Waals surface area contributed by atoms with E-state index >= 15 is 0 Å². The molecule has 1 amide bonds. The number of amides is 1. The molecule has 3 aromatic carbocycles. The van der Waals surface area contributed by atoms with Crippen molar-refractivity contribution in [2.75, 3.05) is 19.5 Å². The second-order valence-corrected chi connectivity index (χ2v) is 6.71. The fourth-order valence-electron chi connectivity index (χ4n) is 2.71. The summed E-state index contributed by atoms with van der Waals surface area (Å²) < 4.78 is 17.2. The molecule has 0 bridgehead atoms. The van der Waals surface area contributed by atoms with Gasteiger partial charge in [-0.3, -0.25) is 4.79 Å². The predicted molar refractivity (Wildman–Crippen MR) is 110 cm³/mol. The van der Waals surface area contributed by atoms with Gasteiger partial charge in [-0.2, -0.15) is 0 Å². The highest BCUT2D eigenvalue weighted by Crippen LogP contribution is 2.34. The third-order valence-electron chi connectivity index (χ3n) is 4.15. The van der Waals surface area contributed by atoms with Crippen molar-refractivity contribution >= 4 is 38.3 Å². The number of hydrogen-bond donors (Lipinski definition) is 1. The lowest BCUT2D eigenvalue weighted by molar-refractivity contribution is -0.122. The second kappa shape index (κ2) is 8.31. The Morgan fingerprint density at radius 1 is 0.963 bits per heavy atom. The molecule has 0 saturated heterocycles. The van der Waals surface area contributed by atoms with Crippen LogP contribution in [-0.2, 0) is 4.79 Å². The first-order valence-electron chi connectivity index (χ1n) is 8.40. The van der Waals surface area contributed by atoms with Gasteiger partial charge in [0.1, 0.15) is 5.75 Å². The molecule has 1 N–H and O–H groups in total. The molecule has 0 heterocycles. The van der Waals surface area contributed by atoms with E-state index in [-0.39, 0.29) is 5.91 Å². The lowest BCUT2D eigenvalue weighted by Gasteiger charge is -2.17. The Morgan fingerprint density at radius 3 is 2.41 bits per heavy atom. The lowest BCUT2D eigenvalue weighted by Crippen LogP contribution is -2.30. The highest BCUT2D eigenvalue weighted by atomic mass is 79.9. The van der Waals surface area contributed by atoms with Crippen LogP contribution in [0.2, 0.25) is 0 Å². The number of anilines is 1. The van der Waals surface area contributed by atoms with Gasteiger partial charge in [0.05, 0.1) is 18.7 Å². The smallest absolute Gasteiger partial charge is 0.265 e. The van der Waals surface area contributed by atoms with E-state index < -0.39 is 6.10 Å². The summed E-state index contributed by atoms with van der Waals surface area (Å²) in [5.74, 6) is 1.49. The second-order valence-electron chi connectivity index (χ2n) is 5.92. The number of carbonyl (C=O) groups excluding carboxylic acids is 1. The van der Waals surface area contributed by atoms with Crippen molar-refractivity contribution < 1.29 is 19.0 Å². The molecule has 6 heteroatoms. The first kappa shape index (κ1) is 19.0. The van der Waals surface area contributed by atoms with Gasteiger partial charge >= 0.3 is 0 Å². The van der Waals surface area contributed by atoms with Crippen molar-refractivity contribution in [3.05, 3.63) is 59.1 Å². The van der Waals surface area contributed by atoms with Gasteiger partial charge in [-0.15, -0.1) is 0 Å². The first-order chi connectivity index (χ1) is 13.0. The van der Waals surface area contributed by atoms with Crippen molar-refractivity contribution in [1.29, 1.82) is 0 Å². The number of hydrogen-bond acceptors (Lipinski definition) is 4. The van der Waals surface area contributed by atoms with E-state index in [4.69, 9.17) is 14.2 Å². The minimum absolute atomic E-state index is 0.262. The molecule has 5 nitrogen and oxygen atoms in total. The van der Waals surface area contributed by atoms with Gasteiger partial charge in [-0.1, -0.05) is 30.3 Å². The number of nitrogens with one attached hydrogen (secondary N) is 1. The van der Waals surface area contributed by atoms with Crippen molar-refractivity contribution in [3.63, 3.8) is 0 Å². The Kier molecular flexibility index (Phi) is 5.86. The molecule has 0 aliphatic heterocycles. The van der Waals surface area contributed by atoms with E-state index in [0.29, 0.717) is 22.9 Å². The summed E-state index contributed by atoms with van der Waals surface area (Å²) in [5, 5.41) is 4.96. The van der Waals surface area contributed by atoms with E-state index in [1.807, 2.05) is 36.4 Å². The molecule has 3 rings (SSSR count). The van der Waals surface area contributed by atoms with Crippen LogP contribution in [0, 0.1) is 0 Å². The molecule has 140 valence electrons. The maximum absolute atomic E-state index is 12.5. The van der Waals surface area contributed by atoms with Gasteiger partial charge in [0.15, 0.2) is 17.6 Å². The summed E-state index contributed by atoms with van der Waals surface area (Å²) in [7, 11) is 3.11. The summed E-state index contributed by atoms with van der Waals surface area (Å²) in [4.78, 5) is 12.5. The largest absolute Gasteiger partial charge is 0.493 e. The van der Waals surface area contributed by atoms with Gasteiger partial charge in [-0.25, -0.2) is 0 Å². The minimum atomic E-state index is -0.685. The maximum Gasteiger partial charge on any atom is 0.265 e. The van der Waals surface area contributed by atoms with E-state index in [1.54, 1.807) is 39.3 Å². The molecule has 0 spiro atoms. The van der Waals surface area contributed by atoms with Crippen LogP contribution >= 0.6 is 15.9 Å². The molecular weight excluding hydrogens is 410 g/mol. The summed E-state index contributed by atoms with van der Waals surface area (Å²) >= 11 is 3.57. The number of ether oxygens (including phenoxy) is 3.